The Balaban J connectivity index is 0.00000364. The Bertz CT molecular complexity index is 536. The molecule has 1 heterocycles. The lowest BCUT2D eigenvalue weighted by Gasteiger charge is -2.26. The van der Waals surface area contributed by atoms with Crippen molar-refractivity contribution >= 4 is 29.9 Å². The van der Waals surface area contributed by atoms with Crippen molar-refractivity contribution in [1.82, 2.24) is 15.5 Å². The average Bonchev–Trinajstić information content (AvgIpc) is 2.67. The first-order valence-electron chi connectivity index (χ1n) is 9.80. The fourth-order valence-corrected chi connectivity index (χ4v) is 2.83. The number of benzene rings is 1. The number of halogens is 1. The predicted molar refractivity (Wildman–Crippen MR) is 123 cm³/mol. The molecular weight excluding hydrogens is 455 g/mol. The number of rotatable bonds is 10. The zero-order valence-corrected chi connectivity index (χ0v) is 19.0. The molecule has 1 fully saturated rings. The Morgan fingerprint density at radius 3 is 2.70 bits per heavy atom. The van der Waals surface area contributed by atoms with Gasteiger partial charge in [0.05, 0.1) is 19.8 Å². The average molecular weight is 490 g/mol. The van der Waals surface area contributed by atoms with E-state index >= 15 is 0 Å². The van der Waals surface area contributed by atoms with Crippen LogP contribution in [0.5, 0.6) is 5.75 Å². The van der Waals surface area contributed by atoms with E-state index < -0.39 is 0 Å². The van der Waals surface area contributed by atoms with Crippen LogP contribution in [0.25, 0.3) is 0 Å². The third-order valence-electron chi connectivity index (χ3n) is 4.32. The minimum Gasteiger partial charge on any atom is -0.493 e. The highest BCUT2D eigenvalue weighted by atomic mass is 127. The largest absolute Gasteiger partial charge is 0.493 e. The Morgan fingerprint density at radius 2 is 1.96 bits per heavy atom. The van der Waals surface area contributed by atoms with Crippen molar-refractivity contribution in [2.24, 2.45) is 4.99 Å². The number of morpholine rings is 1. The van der Waals surface area contributed by atoms with Gasteiger partial charge in [-0.3, -0.25) is 9.89 Å². The molecular formula is C20H35IN4O2. The maximum absolute atomic E-state index is 5.82. The maximum atomic E-state index is 5.82. The van der Waals surface area contributed by atoms with E-state index in [1.54, 1.807) is 0 Å². The molecule has 154 valence electrons. The van der Waals surface area contributed by atoms with Crippen LogP contribution in [0.15, 0.2) is 29.3 Å². The number of ether oxygens (including phenoxy) is 2. The van der Waals surface area contributed by atoms with Crippen molar-refractivity contribution in [3.05, 3.63) is 29.8 Å². The van der Waals surface area contributed by atoms with Gasteiger partial charge in [0.1, 0.15) is 5.75 Å². The van der Waals surface area contributed by atoms with Gasteiger partial charge < -0.3 is 20.1 Å². The van der Waals surface area contributed by atoms with Crippen LogP contribution >= 0.6 is 24.0 Å². The van der Waals surface area contributed by atoms with E-state index in [0.717, 1.165) is 77.0 Å². The topological polar surface area (TPSA) is 58.1 Å². The van der Waals surface area contributed by atoms with Gasteiger partial charge in [-0.1, -0.05) is 18.2 Å². The summed E-state index contributed by atoms with van der Waals surface area (Å²) in [4.78, 5) is 7.09. The molecule has 0 aromatic heterocycles. The summed E-state index contributed by atoms with van der Waals surface area (Å²) in [5, 5.41) is 6.72. The van der Waals surface area contributed by atoms with Crippen molar-refractivity contribution in [3.63, 3.8) is 0 Å². The number of nitrogens with one attached hydrogen (secondary N) is 2. The first-order chi connectivity index (χ1) is 12.8. The summed E-state index contributed by atoms with van der Waals surface area (Å²) >= 11 is 0. The molecule has 1 aromatic rings. The number of para-hydroxylation sites is 1. The molecule has 0 bridgehead atoms. The van der Waals surface area contributed by atoms with Gasteiger partial charge in [0.2, 0.25) is 0 Å². The molecule has 1 saturated heterocycles. The predicted octanol–water partition coefficient (Wildman–Crippen LogP) is 2.66. The quantitative estimate of drug-likeness (QED) is 0.229. The molecule has 27 heavy (non-hydrogen) atoms. The van der Waals surface area contributed by atoms with Gasteiger partial charge in [0, 0.05) is 39.1 Å². The lowest BCUT2D eigenvalue weighted by Crippen LogP contribution is -2.40. The van der Waals surface area contributed by atoms with Crippen LogP contribution in [-0.2, 0) is 4.74 Å². The van der Waals surface area contributed by atoms with Crippen molar-refractivity contribution < 1.29 is 9.47 Å². The Morgan fingerprint density at radius 1 is 1.19 bits per heavy atom. The van der Waals surface area contributed by atoms with Gasteiger partial charge in [-0.2, -0.15) is 0 Å². The summed E-state index contributed by atoms with van der Waals surface area (Å²) in [6.07, 6.45) is 2.01. The van der Waals surface area contributed by atoms with Gasteiger partial charge in [-0.25, -0.2) is 0 Å². The number of aryl methyl sites for hydroxylation is 1. The second kappa shape index (κ2) is 14.9. The van der Waals surface area contributed by atoms with Gasteiger partial charge in [-0.05, 0) is 38.4 Å². The number of hydrogen-bond acceptors (Lipinski definition) is 4. The highest BCUT2D eigenvalue weighted by Gasteiger charge is 2.09. The fraction of sp³-hybridized carbons (Fsp3) is 0.650. The van der Waals surface area contributed by atoms with Crippen molar-refractivity contribution in [3.8, 4) is 5.75 Å². The minimum absolute atomic E-state index is 0. The molecule has 1 aliphatic rings. The summed E-state index contributed by atoms with van der Waals surface area (Å²) in [5.74, 6) is 1.86. The van der Waals surface area contributed by atoms with Crippen molar-refractivity contribution in [2.75, 3.05) is 59.1 Å². The van der Waals surface area contributed by atoms with E-state index in [1.807, 2.05) is 18.2 Å². The lowest BCUT2D eigenvalue weighted by molar-refractivity contribution is 0.0376. The zero-order chi connectivity index (χ0) is 18.5. The third-order valence-corrected chi connectivity index (χ3v) is 4.32. The molecule has 2 N–H and O–H groups in total. The van der Waals surface area contributed by atoms with Crippen LogP contribution in [0.3, 0.4) is 0 Å². The number of aliphatic imine (C=N–C) groups is 1. The fourth-order valence-electron chi connectivity index (χ4n) is 2.83. The maximum Gasteiger partial charge on any atom is 0.191 e. The molecule has 0 amide bonds. The minimum atomic E-state index is 0. The van der Waals surface area contributed by atoms with E-state index in [0.29, 0.717) is 6.61 Å². The molecule has 0 unspecified atom stereocenters. The molecule has 6 nitrogen and oxygen atoms in total. The van der Waals surface area contributed by atoms with Gasteiger partial charge in [0.25, 0.3) is 0 Å². The highest BCUT2D eigenvalue weighted by molar-refractivity contribution is 14.0. The summed E-state index contributed by atoms with van der Waals surface area (Å²) in [6, 6.07) is 8.11. The van der Waals surface area contributed by atoms with Crippen LogP contribution in [-0.4, -0.2) is 69.9 Å². The van der Waals surface area contributed by atoms with Crippen LogP contribution in [0.1, 0.15) is 25.3 Å². The Labute approximate surface area is 181 Å². The number of guanidine groups is 1. The summed E-state index contributed by atoms with van der Waals surface area (Å²) in [6.45, 7) is 12.3. The summed E-state index contributed by atoms with van der Waals surface area (Å²) < 4.78 is 11.2. The van der Waals surface area contributed by atoms with Crippen LogP contribution in [0.2, 0.25) is 0 Å². The molecule has 1 aliphatic heterocycles. The molecule has 7 heteroatoms. The molecule has 2 rings (SSSR count). The SMILES string of the molecule is CCNC(=NCCCOc1ccccc1C)NCCCN1CCOCC1.I. The standard InChI is InChI=1S/C20H34N4O2.HI/c1-3-21-20(22-10-6-12-24-13-16-25-17-14-24)23-11-7-15-26-19-9-5-4-8-18(19)2;/h4-5,8-9H,3,6-7,10-17H2,1-2H3,(H2,21,22,23);1H. The van der Waals surface area contributed by atoms with E-state index in [-0.39, 0.29) is 24.0 Å². The van der Waals surface area contributed by atoms with Crippen LogP contribution in [0, 0.1) is 6.92 Å². The number of hydrogen-bond donors (Lipinski definition) is 2. The van der Waals surface area contributed by atoms with E-state index in [4.69, 9.17) is 9.47 Å². The third kappa shape index (κ3) is 10.2. The molecule has 1 aromatic carbocycles. The smallest absolute Gasteiger partial charge is 0.191 e. The zero-order valence-electron chi connectivity index (χ0n) is 16.7. The first-order valence-corrected chi connectivity index (χ1v) is 9.80. The van der Waals surface area contributed by atoms with Gasteiger partial charge in [-0.15, -0.1) is 24.0 Å². The molecule has 0 radical (unpaired) electrons. The van der Waals surface area contributed by atoms with E-state index in [2.05, 4.69) is 40.4 Å². The normalized spacial score (nSPS) is 15.1. The van der Waals surface area contributed by atoms with Crippen molar-refractivity contribution in [2.45, 2.75) is 26.7 Å². The Hall–Kier alpha value is -1.06. The lowest BCUT2D eigenvalue weighted by atomic mass is 10.2. The molecule has 0 aliphatic carbocycles. The second-order valence-electron chi connectivity index (χ2n) is 6.46. The molecule has 0 saturated carbocycles. The Kier molecular flexibility index (Phi) is 13.3. The van der Waals surface area contributed by atoms with Crippen molar-refractivity contribution in [1.29, 1.82) is 0 Å². The van der Waals surface area contributed by atoms with Crippen LogP contribution < -0.4 is 15.4 Å². The molecule has 0 atom stereocenters. The monoisotopic (exact) mass is 490 g/mol. The van der Waals surface area contributed by atoms with Gasteiger partial charge in [0.15, 0.2) is 5.96 Å². The summed E-state index contributed by atoms with van der Waals surface area (Å²) in [5.41, 5.74) is 1.17. The molecule has 0 spiro atoms. The second-order valence-corrected chi connectivity index (χ2v) is 6.46. The first kappa shape index (κ1) is 24.0. The van der Waals surface area contributed by atoms with E-state index in [1.165, 1.54) is 5.56 Å². The van der Waals surface area contributed by atoms with Gasteiger partial charge >= 0.3 is 0 Å². The van der Waals surface area contributed by atoms with Crippen LogP contribution in [0.4, 0.5) is 0 Å². The number of nitrogens with zero attached hydrogens (tertiary/aromatic N) is 2. The van der Waals surface area contributed by atoms with E-state index in [9.17, 15) is 0 Å². The highest BCUT2D eigenvalue weighted by Crippen LogP contribution is 2.16. The summed E-state index contributed by atoms with van der Waals surface area (Å²) in [7, 11) is 0.